The fraction of sp³-hybridized carbons (Fsp3) is 0.615. The van der Waals surface area contributed by atoms with Crippen LogP contribution in [-0.2, 0) is 0 Å². The molecule has 214 valence electrons. The predicted molar refractivity (Wildman–Crippen MR) is 139 cm³/mol. The maximum Gasteiger partial charge on any atom is 0.280 e. The van der Waals surface area contributed by atoms with E-state index in [-0.39, 0.29) is 39.0 Å². The topological polar surface area (TPSA) is 107 Å². The van der Waals surface area contributed by atoms with E-state index >= 15 is 0 Å². The molecule has 2 fully saturated rings. The van der Waals surface area contributed by atoms with Gasteiger partial charge in [-0.1, -0.05) is 0 Å². The lowest BCUT2D eigenvalue weighted by molar-refractivity contribution is 0.0118. The summed E-state index contributed by atoms with van der Waals surface area (Å²) < 4.78 is 56.8. The van der Waals surface area contributed by atoms with E-state index < -0.39 is 54.3 Å². The summed E-state index contributed by atoms with van der Waals surface area (Å²) in [6, 6.07) is 0.386. The maximum atomic E-state index is 14.3. The first-order valence-electron chi connectivity index (χ1n) is 12.7. The van der Waals surface area contributed by atoms with Crippen LogP contribution in [0.15, 0.2) is 12.3 Å². The normalized spacial score (nSPS) is 19.5. The van der Waals surface area contributed by atoms with Crippen LogP contribution >= 0.6 is 11.3 Å². The average molecular weight is 572 g/mol. The number of aromatic nitrogens is 2. The van der Waals surface area contributed by atoms with Crippen LogP contribution in [-0.4, -0.2) is 68.0 Å². The monoisotopic (exact) mass is 571 g/mol. The molecule has 3 N–H and O–H groups in total. The van der Waals surface area contributed by atoms with Crippen LogP contribution in [0.5, 0.6) is 0 Å². The van der Waals surface area contributed by atoms with Crippen LogP contribution in [0.3, 0.4) is 0 Å². The van der Waals surface area contributed by atoms with Gasteiger partial charge in [0.1, 0.15) is 11.5 Å². The lowest BCUT2D eigenvalue weighted by Crippen LogP contribution is -2.38. The van der Waals surface area contributed by atoms with Crippen molar-refractivity contribution < 1.29 is 32.3 Å². The molecule has 3 heterocycles. The van der Waals surface area contributed by atoms with Gasteiger partial charge in [-0.3, -0.25) is 9.59 Å². The molecule has 1 aliphatic carbocycles. The highest BCUT2D eigenvalue weighted by molar-refractivity contribution is 7.17. The molecule has 1 atom stereocenters. The average Bonchev–Trinajstić information content (AvgIpc) is 3.53. The van der Waals surface area contributed by atoms with Gasteiger partial charge in [-0.2, -0.15) is 0 Å². The van der Waals surface area contributed by atoms with Crippen molar-refractivity contribution in [1.29, 1.82) is 0 Å². The zero-order chi connectivity index (χ0) is 28.9. The van der Waals surface area contributed by atoms with E-state index in [4.69, 9.17) is 0 Å². The van der Waals surface area contributed by atoms with E-state index in [1.807, 2.05) is 13.8 Å². The second kappa shape index (κ2) is 10.3. The Hall–Kier alpha value is -2.80. The Bertz CT molecular complexity index is 1260. The quantitative estimate of drug-likeness (QED) is 0.361. The summed E-state index contributed by atoms with van der Waals surface area (Å²) in [5, 5.41) is 15.4. The number of aliphatic hydroxyl groups is 1. The van der Waals surface area contributed by atoms with Crippen molar-refractivity contribution >= 4 is 29.0 Å². The van der Waals surface area contributed by atoms with Crippen molar-refractivity contribution in [2.24, 2.45) is 5.92 Å². The van der Waals surface area contributed by atoms with Gasteiger partial charge in [0.2, 0.25) is 0 Å². The minimum atomic E-state index is -3.10. The first-order chi connectivity index (χ1) is 18.0. The summed E-state index contributed by atoms with van der Waals surface area (Å²) in [5.74, 6) is -4.09. The molecule has 0 spiro atoms. The van der Waals surface area contributed by atoms with Crippen molar-refractivity contribution in [3.8, 4) is 10.4 Å². The van der Waals surface area contributed by atoms with Crippen molar-refractivity contribution in [1.82, 2.24) is 20.2 Å². The van der Waals surface area contributed by atoms with Gasteiger partial charge >= 0.3 is 0 Å². The first-order valence-corrected chi connectivity index (χ1v) is 13.6. The number of carbonyl (C=O) groups excluding carboxylic acids is 2. The molecular weight excluding hydrogens is 538 g/mol. The molecule has 2 aromatic heterocycles. The molecule has 0 bridgehead atoms. The molecule has 0 radical (unpaired) electrons. The predicted octanol–water partition coefficient (Wildman–Crippen LogP) is 5.11. The van der Waals surface area contributed by atoms with Crippen LogP contribution in [0, 0.1) is 5.92 Å². The van der Waals surface area contributed by atoms with Crippen molar-refractivity contribution in [2.45, 2.75) is 83.4 Å². The Morgan fingerprint density at radius 2 is 1.92 bits per heavy atom. The molecule has 4 rings (SSSR count). The van der Waals surface area contributed by atoms with E-state index in [1.165, 1.54) is 33.0 Å². The zero-order valence-corrected chi connectivity index (χ0v) is 23.3. The number of hydrogen-bond donors (Lipinski definition) is 3. The molecule has 39 heavy (non-hydrogen) atoms. The van der Waals surface area contributed by atoms with Crippen LogP contribution in [0.2, 0.25) is 0 Å². The van der Waals surface area contributed by atoms with E-state index in [9.17, 15) is 32.3 Å². The third-order valence-electron chi connectivity index (χ3n) is 6.96. The van der Waals surface area contributed by atoms with Crippen LogP contribution in [0.4, 0.5) is 23.4 Å². The smallest absolute Gasteiger partial charge is 0.280 e. The zero-order valence-electron chi connectivity index (χ0n) is 22.4. The molecule has 1 saturated carbocycles. The number of likely N-dealkylation sites (tertiary alicyclic amines) is 1. The third-order valence-corrected chi connectivity index (χ3v) is 8.05. The highest BCUT2D eigenvalue weighted by Crippen LogP contribution is 2.43. The van der Waals surface area contributed by atoms with Gasteiger partial charge in [0.25, 0.3) is 24.2 Å². The lowest BCUT2D eigenvalue weighted by atomic mass is 9.98. The number of thiazole rings is 1. The largest absolute Gasteiger partial charge is 0.389 e. The van der Waals surface area contributed by atoms with Crippen molar-refractivity contribution in [2.75, 3.05) is 18.4 Å². The second-order valence-electron chi connectivity index (χ2n) is 11.6. The SMILES string of the molecule is CC1CC(F)(F)CN1C(=O)c1nc(C(=O)NCC(C)(C)O)sc1-c1cnc(NC(C)(C)C2CC2)cc1C(F)F. The highest BCUT2D eigenvalue weighted by Gasteiger charge is 2.46. The van der Waals surface area contributed by atoms with Gasteiger partial charge in [-0.25, -0.2) is 27.5 Å². The van der Waals surface area contributed by atoms with Crippen LogP contribution < -0.4 is 10.6 Å². The van der Waals surface area contributed by atoms with Gasteiger partial charge in [0, 0.05) is 41.9 Å². The summed E-state index contributed by atoms with van der Waals surface area (Å²) in [6.07, 6.45) is -0.257. The number of nitrogens with one attached hydrogen (secondary N) is 2. The fourth-order valence-corrected chi connectivity index (χ4v) is 5.69. The summed E-state index contributed by atoms with van der Waals surface area (Å²) in [5.41, 5.74) is -2.52. The number of amides is 2. The van der Waals surface area contributed by atoms with Gasteiger partial charge in [-0.05, 0) is 59.4 Å². The molecule has 1 saturated heterocycles. The summed E-state index contributed by atoms with van der Waals surface area (Å²) >= 11 is 0.691. The Labute approximate surface area is 228 Å². The van der Waals surface area contributed by atoms with Crippen LogP contribution in [0.25, 0.3) is 10.4 Å². The van der Waals surface area contributed by atoms with E-state index in [0.717, 1.165) is 17.7 Å². The molecule has 2 amide bonds. The Kier molecular flexibility index (Phi) is 7.71. The van der Waals surface area contributed by atoms with E-state index in [1.54, 1.807) is 0 Å². The van der Waals surface area contributed by atoms with Crippen molar-refractivity contribution in [3.63, 3.8) is 0 Å². The molecule has 2 aromatic rings. The molecule has 8 nitrogen and oxygen atoms in total. The molecule has 0 aromatic carbocycles. The fourth-order valence-electron chi connectivity index (χ4n) is 4.68. The minimum Gasteiger partial charge on any atom is -0.389 e. The van der Waals surface area contributed by atoms with Crippen molar-refractivity contribution in [3.05, 3.63) is 28.5 Å². The number of rotatable bonds is 9. The van der Waals surface area contributed by atoms with Gasteiger partial charge in [-0.15, -0.1) is 11.3 Å². The third kappa shape index (κ3) is 6.68. The minimum absolute atomic E-state index is 0.0633. The highest BCUT2D eigenvalue weighted by atomic mass is 32.1. The van der Waals surface area contributed by atoms with Gasteiger partial charge < -0.3 is 20.6 Å². The summed E-state index contributed by atoms with van der Waals surface area (Å²) in [4.78, 5) is 35.6. The van der Waals surface area contributed by atoms with E-state index in [0.29, 0.717) is 17.3 Å². The number of carbonyl (C=O) groups is 2. The van der Waals surface area contributed by atoms with Crippen LogP contribution in [0.1, 0.15) is 86.2 Å². The number of pyridine rings is 1. The standard InChI is InChI=1S/C26H33F4N5O3S/c1-13-9-26(29,30)12-35(13)23(37)18-19(39-22(33-18)21(36)32-11-24(2,3)38)16-10-31-17(8-15(16)20(27)28)34-25(4,5)14-6-7-14/h8,10,13-14,20,38H,6-7,9,11-12H2,1-5H3,(H,31,34)(H,32,36). The number of hydrogen-bond acceptors (Lipinski definition) is 7. The second-order valence-corrected chi connectivity index (χ2v) is 12.6. The van der Waals surface area contributed by atoms with Gasteiger partial charge in [0.05, 0.1) is 17.0 Å². The Balaban J connectivity index is 1.76. The Morgan fingerprint density at radius 3 is 2.46 bits per heavy atom. The summed E-state index contributed by atoms with van der Waals surface area (Å²) in [7, 11) is 0. The molecule has 2 aliphatic rings. The van der Waals surface area contributed by atoms with E-state index in [2.05, 4.69) is 20.6 Å². The summed E-state index contributed by atoms with van der Waals surface area (Å²) in [6.45, 7) is 7.37. The maximum absolute atomic E-state index is 14.3. The Morgan fingerprint density at radius 1 is 1.26 bits per heavy atom. The molecule has 13 heteroatoms. The molecule has 1 aliphatic heterocycles. The molecule has 1 unspecified atom stereocenters. The first kappa shape index (κ1) is 29.2. The number of alkyl halides is 4. The molecular formula is C26H33F4N5O3S. The number of halogens is 4. The van der Waals surface area contributed by atoms with Gasteiger partial charge in [0.15, 0.2) is 5.01 Å². The number of nitrogens with zero attached hydrogens (tertiary/aromatic N) is 3. The number of anilines is 1. The lowest BCUT2D eigenvalue weighted by Gasteiger charge is -2.27.